The van der Waals surface area contributed by atoms with Crippen LogP contribution in [0.15, 0.2) is 352 Å². The van der Waals surface area contributed by atoms with Gasteiger partial charge in [0.15, 0.2) is 0 Å². The van der Waals surface area contributed by atoms with Gasteiger partial charge in [0, 0.05) is 45.5 Å². The third-order valence-electron chi connectivity index (χ3n) is 22.0. The van der Waals surface area contributed by atoms with Crippen LogP contribution >= 0.6 is 0 Å². The summed E-state index contributed by atoms with van der Waals surface area (Å²) in [5, 5.41) is 0. The molecule has 0 N–H and O–H groups in total. The highest BCUT2D eigenvalue weighted by molar-refractivity contribution is 7.00. The average molecular weight is 1220 g/mol. The summed E-state index contributed by atoms with van der Waals surface area (Å²) in [7, 11) is 0. The van der Waals surface area contributed by atoms with E-state index in [4.69, 9.17) is 0 Å². The van der Waals surface area contributed by atoms with Crippen LogP contribution in [0.3, 0.4) is 0 Å². The van der Waals surface area contributed by atoms with E-state index in [2.05, 4.69) is 367 Å². The van der Waals surface area contributed by atoms with E-state index in [0.717, 1.165) is 51.2 Å². The van der Waals surface area contributed by atoms with Crippen molar-refractivity contribution in [2.45, 2.75) is 10.8 Å². The fourth-order valence-corrected chi connectivity index (χ4v) is 18.4. The fourth-order valence-electron chi connectivity index (χ4n) is 18.4. The van der Waals surface area contributed by atoms with Gasteiger partial charge in [-0.05, 0) is 200 Å². The number of hydrogen-bond acceptors (Lipinski definition) is 3. The summed E-state index contributed by atoms with van der Waals surface area (Å²) >= 11 is 0. The van der Waals surface area contributed by atoms with Crippen LogP contribution < -0.4 is 31.1 Å². The summed E-state index contributed by atoms with van der Waals surface area (Å²) in [5.41, 5.74) is 38.4. The van der Waals surface area contributed by atoms with E-state index in [1.807, 2.05) is 0 Å². The molecule has 21 rings (SSSR count). The predicted molar refractivity (Wildman–Crippen MR) is 399 cm³/mol. The van der Waals surface area contributed by atoms with Crippen LogP contribution in [0.25, 0.3) is 66.8 Å². The van der Waals surface area contributed by atoms with Crippen LogP contribution in [0.4, 0.5) is 51.2 Å². The van der Waals surface area contributed by atoms with Crippen LogP contribution in [0.1, 0.15) is 44.5 Å². The minimum atomic E-state index is -0.487. The molecule has 444 valence electrons. The molecule has 0 aromatic heterocycles. The Bertz CT molecular complexity index is 5320. The van der Waals surface area contributed by atoms with Crippen molar-refractivity contribution in [1.82, 2.24) is 0 Å². The van der Waals surface area contributed by atoms with E-state index < -0.39 is 10.8 Å². The molecule has 15 aromatic rings. The van der Waals surface area contributed by atoms with E-state index in [1.54, 1.807) is 0 Å². The van der Waals surface area contributed by atoms with Crippen LogP contribution in [-0.2, 0) is 10.8 Å². The lowest BCUT2D eigenvalue weighted by molar-refractivity contribution is 0.794. The van der Waals surface area contributed by atoms with Gasteiger partial charge in [-0.3, -0.25) is 0 Å². The first-order chi connectivity index (χ1) is 47.6. The molecule has 15 aromatic carbocycles. The first kappa shape index (κ1) is 53.3. The number of anilines is 9. The Morgan fingerprint density at radius 2 is 0.521 bits per heavy atom. The molecule has 0 saturated heterocycles. The Morgan fingerprint density at radius 3 is 0.875 bits per heavy atom. The molecule has 0 amide bonds. The summed E-state index contributed by atoms with van der Waals surface area (Å²) in [5.74, 6) is 0. The second-order valence-corrected chi connectivity index (χ2v) is 26.5. The monoisotopic (exact) mass is 1220 g/mol. The highest BCUT2D eigenvalue weighted by Crippen LogP contribution is 2.66. The minimum absolute atomic E-state index is 0.189. The zero-order chi connectivity index (χ0) is 62.8. The number of hydrogen-bond donors (Lipinski definition) is 0. The number of rotatable bonds is 7. The lowest BCUT2D eigenvalue weighted by Gasteiger charge is -2.45. The standard InChI is InChI=1S/C92H58BN3/c1-5-25-59(26-6-1)61-45-51-86-84(53-61)93-85-54-62(60-27-7-2-8-28-60)46-52-87(85)96(66-48-50-83-75(56-66)73-38-18-24-44-81(73)92(83)78-41-21-15-35-70(78)71-36-16-22-42-79(71)92)89-58-67(94(63-29-9-3-10-30-63)64-31-11-4-12-32-64)57-88(90(89)93)95(86)65-47-49-82-74(55-65)72-37-17-23-43-80(72)91(82)76-39-19-13-33-68(76)69-34-14-20-40-77(69)91/h1-58H. The summed E-state index contributed by atoms with van der Waals surface area (Å²) in [4.78, 5) is 7.71. The quantitative estimate of drug-likeness (QED) is 0.147. The normalized spacial score (nSPS) is 14.1. The molecule has 0 fully saturated rings. The highest BCUT2D eigenvalue weighted by Gasteiger charge is 2.54. The molecule has 3 nitrogen and oxygen atoms in total. The third-order valence-corrected chi connectivity index (χ3v) is 22.0. The lowest BCUT2D eigenvalue weighted by atomic mass is 9.33. The summed E-state index contributed by atoms with van der Waals surface area (Å²) in [6, 6.07) is 133. The van der Waals surface area contributed by atoms with Gasteiger partial charge in [0.05, 0.1) is 16.5 Å². The van der Waals surface area contributed by atoms with Crippen molar-refractivity contribution in [3.63, 3.8) is 0 Å². The second-order valence-electron chi connectivity index (χ2n) is 26.5. The van der Waals surface area contributed by atoms with Gasteiger partial charge in [-0.1, -0.05) is 279 Å². The Kier molecular flexibility index (Phi) is 11.2. The topological polar surface area (TPSA) is 9.72 Å². The summed E-state index contributed by atoms with van der Waals surface area (Å²) in [6.45, 7) is -0.189. The van der Waals surface area contributed by atoms with Crippen molar-refractivity contribution in [2.75, 3.05) is 14.7 Å². The highest BCUT2D eigenvalue weighted by atomic mass is 15.2. The Hall–Kier alpha value is -12.2. The molecule has 2 heterocycles. The van der Waals surface area contributed by atoms with Crippen molar-refractivity contribution in [1.29, 1.82) is 0 Å². The Morgan fingerprint density at radius 1 is 0.219 bits per heavy atom. The molecule has 0 atom stereocenters. The molecule has 96 heavy (non-hydrogen) atoms. The summed E-state index contributed by atoms with van der Waals surface area (Å²) < 4.78 is 0. The predicted octanol–water partition coefficient (Wildman–Crippen LogP) is 21.3. The van der Waals surface area contributed by atoms with E-state index in [-0.39, 0.29) is 6.71 Å². The molecular weight excluding hydrogens is 1160 g/mol. The first-order valence-corrected chi connectivity index (χ1v) is 33.6. The van der Waals surface area contributed by atoms with Gasteiger partial charge < -0.3 is 14.7 Å². The molecule has 4 heteroatoms. The average Bonchev–Trinajstić information content (AvgIpc) is 1.40. The second kappa shape index (κ2) is 20.1. The smallest absolute Gasteiger partial charge is 0.252 e. The molecule has 4 aliphatic carbocycles. The molecule has 2 aliphatic heterocycles. The zero-order valence-electron chi connectivity index (χ0n) is 52.4. The van der Waals surface area contributed by atoms with E-state index in [0.29, 0.717) is 0 Å². The van der Waals surface area contributed by atoms with Crippen LogP contribution in [0.2, 0.25) is 0 Å². The zero-order valence-corrected chi connectivity index (χ0v) is 52.4. The summed E-state index contributed by atoms with van der Waals surface area (Å²) in [6.07, 6.45) is 0. The lowest BCUT2D eigenvalue weighted by Crippen LogP contribution is -2.61. The van der Waals surface area contributed by atoms with Crippen molar-refractivity contribution in [3.05, 3.63) is 396 Å². The largest absolute Gasteiger partial charge is 0.311 e. The van der Waals surface area contributed by atoms with Crippen molar-refractivity contribution >= 4 is 74.3 Å². The van der Waals surface area contributed by atoms with Gasteiger partial charge in [-0.15, -0.1) is 0 Å². The molecule has 0 radical (unpaired) electrons. The van der Waals surface area contributed by atoms with Gasteiger partial charge in [-0.2, -0.15) is 0 Å². The van der Waals surface area contributed by atoms with Gasteiger partial charge in [-0.25, -0.2) is 0 Å². The van der Waals surface area contributed by atoms with Crippen LogP contribution in [0, 0.1) is 0 Å². The van der Waals surface area contributed by atoms with Crippen LogP contribution in [0.5, 0.6) is 0 Å². The molecular formula is C92H58BN3. The van der Waals surface area contributed by atoms with Gasteiger partial charge in [0.1, 0.15) is 0 Å². The Balaban J connectivity index is 0.870. The number of fused-ring (bicyclic) bond motifs is 24. The van der Waals surface area contributed by atoms with Gasteiger partial charge in [0.2, 0.25) is 0 Å². The van der Waals surface area contributed by atoms with E-state index in [1.165, 1.54) is 128 Å². The first-order valence-electron chi connectivity index (χ1n) is 33.6. The van der Waals surface area contributed by atoms with Crippen LogP contribution in [-0.4, -0.2) is 6.71 Å². The Labute approximate surface area is 559 Å². The maximum absolute atomic E-state index is 2.63. The number of nitrogens with zero attached hydrogens (tertiary/aromatic N) is 3. The van der Waals surface area contributed by atoms with E-state index in [9.17, 15) is 0 Å². The van der Waals surface area contributed by atoms with Gasteiger partial charge in [0.25, 0.3) is 6.71 Å². The number of benzene rings is 15. The van der Waals surface area contributed by atoms with Crippen molar-refractivity contribution in [2.24, 2.45) is 0 Å². The molecule has 0 saturated carbocycles. The molecule has 0 bridgehead atoms. The molecule has 6 aliphatic rings. The number of para-hydroxylation sites is 2. The maximum Gasteiger partial charge on any atom is 0.252 e. The maximum atomic E-state index is 2.63. The SMILES string of the molecule is c1ccc(-c2ccc3c(c2)B2c4cc(-c5ccccc5)ccc4N(c4ccc5c(c4)-c4ccccc4C54c5ccccc5-c5ccccc54)c4cc(N(c5ccccc5)c5ccccc5)cc(c42)N3c2ccc3c(c2)-c2ccccc2C32c3ccccc3-c3ccccc32)cc1. The molecule has 0 unspecified atom stereocenters. The van der Waals surface area contributed by atoms with E-state index >= 15 is 0 Å². The molecule has 2 spiro atoms. The van der Waals surface area contributed by atoms with Crippen molar-refractivity contribution in [3.8, 4) is 66.8 Å². The van der Waals surface area contributed by atoms with Crippen molar-refractivity contribution < 1.29 is 0 Å². The van der Waals surface area contributed by atoms with Gasteiger partial charge >= 0.3 is 0 Å². The minimum Gasteiger partial charge on any atom is -0.311 e. The fraction of sp³-hybridized carbons (Fsp3) is 0.0217. The third kappa shape index (κ3) is 7.12.